The minimum Gasteiger partial charge on any atom is -0.279 e. The number of anilines is 1. The van der Waals surface area contributed by atoms with Gasteiger partial charge in [-0.3, -0.25) is 24.8 Å². The van der Waals surface area contributed by atoms with Crippen molar-refractivity contribution in [3.8, 4) is 0 Å². The van der Waals surface area contributed by atoms with Gasteiger partial charge in [-0.25, -0.2) is 4.98 Å². The Kier molecular flexibility index (Phi) is 5.32. The molecule has 0 aliphatic carbocycles. The van der Waals surface area contributed by atoms with Crippen molar-refractivity contribution >= 4 is 48.9 Å². The number of carbonyl (C=O) groups excluding carboxylic acids is 1. The number of thiazole rings is 1. The fraction of sp³-hybridized carbons (Fsp3) is 0.150. The Morgan fingerprint density at radius 2 is 1.93 bits per heavy atom. The van der Waals surface area contributed by atoms with E-state index in [2.05, 4.69) is 11.9 Å². The number of para-hydroxylation sites is 1. The molecule has 0 unspecified atom stereocenters. The van der Waals surface area contributed by atoms with Crippen LogP contribution in [0.4, 0.5) is 10.1 Å². The zero-order chi connectivity index (χ0) is 20.4. The first-order valence-corrected chi connectivity index (χ1v) is 10.5. The SMILES string of the molecule is CCc1cccc2sc(N(Cc3ccncc3)C(=O)c3ccc([N+](=O)[O-])s3)nc12. The van der Waals surface area contributed by atoms with Crippen LogP contribution in [0, 0.1) is 10.1 Å². The molecule has 0 spiro atoms. The minimum atomic E-state index is -0.486. The summed E-state index contributed by atoms with van der Waals surface area (Å²) in [6.07, 6.45) is 4.18. The molecule has 0 N–H and O–H groups in total. The van der Waals surface area contributed by atoms with E-state index >= 15 is 0 Å². The number of aromatic nitrogens is 2. The van der Waals surface area contributed by atoms with Gasteiger partial charge in [-0.1, -0.05) is 41.7 Å². The van der Waals surface area contributed by atoms with Gasteiger partial charge in [-0.2, -0.15) is 0 Å². The van der Waals surface area contributed by atoms with Gasteiger partial charge >= 0.3 is 5.00 Å². The lowest BCUT2D eigenvalue weighted by Crippen LogP contribution is -2.29. The predicted octanol–water partition coefficient (Wildman–Crippen LogP) is 5.07. The molecule has 0 atom stereocenters. The van der Waals surface area contributed by atoms with Crippen molar-refractivity contribution in [2.75, 3.05) is 4.90 Å². The van der Waals surface area contributed by atoms with Crippen molar-refractivity contribution in [1.29, 1.82) is 0 Å². The average Bonchev–Trinajstić information content (AvgIpc) is 3.39. The second kappa shape index (κ2) is 8.06. The third-order valence-corrected chi connectivity index (χ3v) is 6.49. The number of rotatable bonds is 6. The number of aryl methyl sites for hydroxylation is 1. The smallest absolute Gasteiger partial charge is 0.279 e. The van der Waals surface area contributed by atoms with Gasteiger partial charge < -0.3 is 0 Å². The zero-order valence-corrected chi connectivity index (χ0v) is 17.1. The predicted molar refractivity (Wildman–Crippen MR) is 115 cm³/mol. The number of fused-ring (bicyclic) bond motifs is 1. The molecule has 3 heterocycles. The molecule has 4 aromatic rings. The van der Waals surface area contributed by atoms with Gasteiger partial charge in [0.2, 0.25) is 0 Å². The number of pyridine rings is 1. The van der Waals surface area contributed by atoms with E-state index in [1.165, 1.54) is 23.5 Å². The van der Waals surface area contributed by atoms with Crippen LogP contribution >= 0.6 is 22.7 Å². The lowest BCUT2D eigenvalue weighted by Gasteiger charge is -2.19. The van der Waals surface area contributed by atoms with E-state index in [4.69, 9.17) is 4.98 Å². The maximum Gasteiger partial charge on any atom is 0.324 e. The number of carbonyl (C=O) groups is 1. The zero-order valence-electron chi connectivity index (χ0n) is 15.4. The molecule has 0 saturated carbocycles. The lowest BCUT2D eigenvalue weighted by molar-refractivity contribution is -0.380. The van der Waals surface area contributed by atoms with Gasteiger partial charge in [0.05, 0.1) is 26.6 Å². The molecule has 29 heavy (non-hydrogen) atoms. The number of nitro groups is 1. The summed E-state index contributed by atoms with van der Waals surface area (Å²) in [5.41, 5.74) is 2.90. The summed E-state index contributed by atoms with van der Waals surface area (Å²) in [5, 5.41) is 11.5. The number of hydrogen-bond acceptors (Lipinski definition) is 7. The molecule has 0 radical (unpaired) electrons. The Morgan fingerprint density at radius 3 is 2.62 bits per heavy atom. The van der Waals surface area contributed by atoms with Crippen LogP contribution in [0.3, 0.4) is 0 Å². The summed E-state index contributed by atoms with van der Waals surface area (Å²) in [5.74, 6) is -0.308. The van der Waals surface area contributed by atoms with E-state index in [0.717, 1.165) is 39.1 Å². The molecule has 4 rings (SSSR count). The maximum atomic E-state index is 13.3. The van der Waals surface area contributed by atoms with Crippen molar-refractivity contribution in [1.82, 2.24) is 9.97 Å². The first-order chi connectivity index (χ1) is 14.1. The first kappa shape index (κ1) is 19.2. The van der Waals surface area contributed by atoms with Gasteiger partial charge in [0.25, 0.3) is 5.91 Å². The molecule has 0 aliphatic rings. The molecule has 9 heteroatoms. The number of amides is 1. The summed E-state index contributed by atoms with van der Waals surface area (Å²) in [6.45, 7) is 2.37. The van der Waals surface area contributed by atoms with E-state index < -0.39 is 4.92 Å². The summed E-state index contributed by atoms with van der Waals surface area (Å²) >= 11 is 2.31. The highest BCUT2D eigenvalue weighted by molar-refractivity contribution is 7.22. The summed E-state index contributed by atoms with van der Waals surface area (Å²) in [4.78, 5) is 34.5. The van der Waals surface area contributed by atoms with Crippen LogP contribution in [0.25, 0.3) is 10.2 Å². The van der Waals surface area contributed by atoms with Crippen LogP contribution in [0.1, 0.15) is 27.7 Å². The summed E-state index contributed by atoms with van der Waals surface area (Å²) in [6, 6.07) is 12.5. The molecular weight excluding hydrogens is 408 g/mol. The maximum absolute atomic E-state index is 13.3. The first-order valence-electron chi connectivity index (χ1n) is 8.90. The highest BCUT2D eigenvalue weighted by Crippen LogP contribution is 2.34. The molecule has 7 nitrogen and oxygen atoms in total. The fourth-order valence-corrected chi connectivity index (χ4v) is 4.75. The average molecular weight is 425 g/mol. The van der Waals surface area contributed by atoms with Crippen molar-refractivity contribution in [2.45, 2.75) is 19.9 Å². The van der Waals surface area contributed by atoms with Gasteiger partial charge in [0, 0.05) is 18.5 Å². The van der Waals surface area contributed by atoms with E-state index in [-0.39, 0.29) is 10.9 Å². The summed E-state index contributed by atoms with van der Waals surface area (Å²) < 4.78 is 1.00. The third-order valence-electron chi connectivity index (χ3n) is 4.42. The topological polar surface area (TPSA) is 89.2 Å². The molecule has 0 bridgehead atoms. The Balaban J connectivity index is 1.77. The van der Waals surface area contributed by atoms with Crippen LogP contribution in [-0.2, 0) is 13.0 Å². The number of benzene rings is 1. The van der Waals surface area contributed by atoms with Crippen LogP contribution in [0.5, 0.6) is 0 Å². The standard InChI is InChI=1S/C20H16N4O3S2/c1-2-14-4-3-5-15-18(14)22-20(29-15)23(12-13-8-10-21-11-9-13)19(25)16-6-7-17(28-16)24(26)27/h3-11H,2,12H2,1H3. The van der Waals surface area contributed by atoms with Gasteiger partial charge in [0.15, 0.2) is 5.13 Å². The number of thiophene rings is 1. The minimum absolute atomic E-state index is 0.0604. The lowest BCUT2D eigenvalue weighted by atomic mass is 10.1. The van der Waals surface area contributed by atoms with E-state index in [1.807, 2.05) is 30.3 Å². The van der Waals surface area contributed by atoms with Gasteiger partial charge in [-0.15, -0.1) is 0 Å². The Hall–Kier alpha value is -3.17. The largest absolute Gasteiger partial charge is 0.324 e. The Morgan fingerprint density at radius 1 is 1.14 bits per heavy atom. The van der Waals surface area contributed by atoms with E-state index in [1.54, 1.807) is 17.3 Å². The van der Waals surface area contributed by atoms with Crippen molar-refractivity contribution in [3.63, 3.8) is 0 Å². The molecule has 3 aromatic heterocycles. The molecule has 1 aromatic carbocycles. The fourth-order valence-electron chi connectivity index (χ4n) is 2.97. The monoisotopic (exact) mass is 424 g/mol. The molecular formula is C20H16N4O3S2. The molecule has 1 amide bonds. The normalized spacial score (nSPS) is 10.9. The van der Waals surface area contributed by atoms with Crippen molar-refractivity contribution < 1.29 is 9.72 Å². The number of nitrogens with zero attached hydrogens (tertiary/aromatic N) is 4. The highest BCUT2D eigenvalue weighted by Gasteiger charge is 2.25. The molecule has 0 fully saturated rings. The quantitative estimate of drug-likeness (QED) is 0.318. The van der Waals surface area contributed by atoms with E-state index in [0.29, 0.717) is 16.6 Å². The molecule has 0 saturated heterocycles. The summed E-state index contributed by atoms with van der Waals surface area (Å²) in [7, 11) is 0. The second-order valence-corrected chi connectivity index (χ2v) is 8.33. The van der Waals surface area contributed by atoms with Crippen LogP contribution in [-0.4, -0.2) is 20.8 Å². The van der Waals surface area contributed by atoms with Gasteiger partial charge in [0.1, 0.15) is 0 Å². The number of hydrogen-bond donors (Lipinski definition) is 0. The van der Waals surface area contributed by atoms with Crippen molar-refractivity contribution in [2.24, 2.45) is 0 Å². The third kappa shape index (κ3) is 3.87. The molecule has 0 aliphatic heterocycles. The molecule has 146 valence electrons. The second-order valence-electron chi connectivity index (χ2n) is 6.26. The van der Waals surface area contributed by atoms with E-state index in [9.17, 15) is 14.9 Å². The van der Waals surface area contributed by atoms with Crippen molar-refractivity contribution in [3.05, 3.63) is 81.0 Å². The van der Waals surface area contributed by atoms with Gasteiger partial charge in [-0.05, 0) is 41.8 Å². The van der Waals surface area contributed by atoms with Crippen LogP contribution in [0.15, 0.2) is 54.9 Å². The van der Waals surface area contributed by atoms with Crippen LogP contribution in [0.2, 0.25) is 0 Å². The Labute approximate surface area is 174 Å². The van der Waals surface area contributed by atoms with Crippen LogP contribution < -0.4 is 4.90 Å². The Bertz CT molecular complexity index is 1190. The highest BCUT2D eigenvalue weighted by atomic mass is 32.1.